The number of likely N-dealkylation sites (tertiary alicyclic amines) is 1. The van der Waals surface area contributed by atoms with E-state index in [2.05, 4.69) is 0 Å². The number of nitrogens with zero attached hydrogens (tertiary/aromatic N) is 1. The Bertz CT molecular complexity index is 774. The van der Waals surface area contributed by atoms with E-state index in [0.717, 1.165) is 12.8 Å². The monoisotopic (exact) mass is 352 g/mol. The van der Waals surface area contributed by atoms with Gasteiger partial charge in [0.2, 0.25) is 10.0 Å². The van der Waals surface area contributed by atoms with Crippen LogP contribution in [-0.4, -0.2) is 43.4 Å². The Morgan fingerprint density at radius 2 is 1.96 bits per heavy atom. The van der Waals surface area contributed by atoms with Crippen molar-refractivity contribution in [2.75, 3.05) is 13.1 Å². The van der Waals surface area contributed by atoms with Gasteiger partial charge in [0.1, 0.15) is 0 Å². The Labute approximate surface area is 140 Å². The van der Waals surface area contributed by atoms with Crippen LogP contribution in [0.3, 0.4) is 0 Å². The highest BCUT2D eigenvalue weighted by molar-refractivity contribution is 7.88. The summed E-state index contributed by atoms with van der Waals surface area (Å²) >= 11 is 0. The second-order valence-corrected chi connectivity index (χ2v) is 8.35. The first-order valence-corrected chi connectivity index (χ1v) is 9.55. The van der Waals surface area contributed by atoms with Crippen LogP contribution in [0.25, 0.3) is 0 Å². The molecule has 8 heteroatoms. The van der Waals surface area contributed by atoms with Crippen LogP contribution in [0.5, 0.6) is 0 Å². The van der Waals surface area contributed by atoms with Crippen molar-refractivity contribution in [1.82, 2.24) is 4.90 Å². The van der Waals surface area contributed by atoms with E-state index in [0.29, 0.717) is 24.1 Å². The molecular weight excluding hydrogens is 332 g/mol. The first-order valence-electron chi connectivity index (χ1n) is 7.83. The topological polar surface area (TPSA) is 118 Å². The van der Waals surface area contributed by atoms with Crippen LogP contribution in [0.4, 0.5) is 0 Å². The van der Waals surface area contributed by atoms with Gasteiger partial charge < -0.3 is 10.0 Å². The van der Waals surface area contributed by atoms with Gasteiger partial charge in [0, 0.05) is 18.7 Å². The summed E-state index contributed by atoms with van der Waals surface area (Å²) in [4.78, 5) is 25.9. The van der Waals surface area contributed by atoms with E-state index >= 15 is 0 Å². The van der Waals surface area contributed by atoms with Crippen molar-refractivity contribution in [2.24, 2.45) is 16.5 Å². The number of sulfonamides is 1. The van der Waals surface area contributed by atoms with Crippen molar-refractivity contribution in [3.8, 4) is 0 Å². The molecule has 0 spiro atoms. The molecule has 2 atom stereocenters. The van der Waals surface area contributed by atoms with Crippen molar-refractivity contribution in [3.63, 3.8) is 0 Å². The van der Waals surface area contributed by atoms with Crippen LogP contribution in [0.2, 0.25) is 0 Å². The molecule has 1 aliphatic heterocycles. The fourth-order valence-electron chi connectivity index (χ4n) is 3.95. The van der Waals surface area contributed by atoms with E-state index in [1.165, 1.54) is 0 Å². The predicted molar refractivity (Wildman–Crippen MR) is 86.6 cm³/mol. The SMILES string of the molecule is NS(=O)(=O)Cc1ccc(C(=O)N2C[C@@H]3CCC[C@@]3(C(=O)O)C2)cc1. The normalized spacial score (nSPS) is 26.4. The lowest BCUT2D eigenvalue weighted by molar-refractivity contribution is -0.149. The van der Waals surface area contributed by atoms with Gasteiger partial charge in [0.05, 0.1) is 11.2 Å². The molecule has 3 N–H and O–H groups in total. The number of carboxylic acid groups (broad SMARTS) is 1. The molecule has 2 aliphatic rings. The zero-order valence-corrected chi connectivity index (χ0v) is 14.0. The molecule has 1 heterocycles. The Morgan fingerprint density at radius 1 is 1.29 bits per heavy atom. The molecule has 0 unspecified atom stereocenters. The fourth-order valence-corrected chi connectivity index (χ4v) is 4.61. The second-order valence-electron chi connectivity index (χ2n) is 6.74. The van der Waals surface area contributed by atoms with Gasteiger partial charge in [0.25, 0.3) is 5.91 Å². The van der Waals surface area contributed by atoms with Gasteiger partial charge in [-0.1, -0.05) is 18.6 Å². The third kappa shape index (κ3) is 3.03. The standard InChI is InChI=1S/C16H20N2O5S/c17-24(22,23)9-11-3-5-12(6-4-11)14(19)18-8-13-2-1-7-16(13,10-18)15(20)21/h3-6,13H,1-2,7-10H2,(H,20,21)(H2,17,22,23)/t13-,16+/m0/s1. The summed E-state index contributed by atoms with van der Waals surface area (Å²) in [5, 5.41) is 14.6. The third-order valence-corrected chi connectivity index (χ3v) is 5.89. The number of primary sulfonamides is 1. The van der Waals surface area contributed by atoms with Crippen LogP contribution in [0.15, 0.2) is 24.3 Å². The Morgan fingerprint density at radius 3 is 2.50 bits per heavy atom. The highest BCUT2D eigenvalue weighted by Crippen LogP contribution is 2.49. The molecular formula is C16H20N2O5S. The van der Waals surface area contributed by atoms with E-state index in [1.54, 1.807) is 29.2 Å². The first-order chi connectivity index (χ1) is 11.2. The molecule has 2 fully saturated rings. The number of benzene rings is 1. The summed E-state index contributed by atoms with van der Waals surface area (Å²) in [6.07, 6.45) is 2.34. The largest absolute Gasteiger partial charge is 0.481 e. The van der Waals surface area contributed by atoms with E-state index < -0.39 is 21.4 Å². The van der Waals surface area contributed by atoms with E-state index in [4.69, 9.17) is 5.14 Å². The van der Waals surface area contributed by atoms with Gasteiger partial charge in [-0.05, 0) is 36.5 Å². The van der Waals surface area contributed by atoms with E-state index in [-0.39, 0.29) is 24.1 Å². The molecule has 1 amide bonds. The second kappa shape index (κ2) is 5.86. The number of hydrogen-bond donors (Lipinski definition) is 2. The lowest BCUT2D eigenvalue weighted by atomic mass is 9.81. The van der Waals surface area contributed by atoms with Crippen molar-refractivity contribution in [1.29, 1.82) is 0 Å². The van der Waals surface area contributed by atoms with Gasteiger partial charge in [-0.2, -0.15) is 0 Å². The molecule has 1 saturated heterocycles. The molecule has 7 nitrogen and oxygen atoms in total. The number of nitrogens with two attached hydrogens (primary N) is 1. The molecule has 0 bridgehead atoms. The molecule has 130 valence electrons. The van der Waals surface area contributed by atoms with Crippen LogP contribution >= 0.6 is 0 Å². The smallest absolute Gasteiger partial charge is 0.311 e. The summed E-state index contributed by atoms with van der Waals surface area (Å²) in [6.45, 7) is 0.703. The summed E-state index contributed by atoms with van der Waals surface area (Å²) in [5.41, 5.74) is 0.131. The number of fused-ring (bicyclic) bond motifs is 1. The molecule has 0 aromatic heterocycles. The molecule has 1 aliphatic carbocycles. The molecule has 0 radical (unpaired) electrons. The lowest BCUT2D eigenvalue weighted by Crippen LogP contribution is -2.37. The minimum atomic E-state index is -3.61. The number of carboxylic acids is 1. The predicted octanol–water partition coefficient (Wildman–Crippen LogP) is 0.802. The van der Waals surface area contributed by atoms with Crippen molar-refractivity contribution < 1.29 is 23.1 Å². The van der Waals surface area contributed by atoms with Crippen LogP contribution in [-0.2, 0) is 20.6 Å². The maximum Gasteiger partial charge on any atom is 0.311 e. The Hall–Kier alpha value is -1.93. The van der Waals surface area contributed by atoms with Gasteiger partial charge in [-0.3, -0.25) is 9.59 Å². The van der Waals surface area contributed by atoms with Crippen molar-refractivity contribution in [3.05, 3.63) is 35.4 Å². The molecule has 1 aromatic rings. The lowest BCUT2D eigenvalue weighted by Gasteiger charge is -2.23. The third-order valence-electron chi connectivity index (χ3n) is 5.15. The van der Waals surface area contributed by atoms with Gasteiger partial charge in [-0.15, -0.1) is 0 Å². The summed E-state index contributed by atoms with van der Waals surface area (Å²) in [5.74, 6) is -1.30. The minimum absolute atomic E-state index is 0.0145. The molecule has 24 heavy (non-hydrogen) atoms. The van der Waals surface area contributed by atoms with E-state index in [9.17, 15) is 23.1 Å². The first kappa shape index (κ1) is 16.9. The fraction of sp³-hybridized carbons (Fsp3) is 0.500. The average Bonchev–Trinajstić information content (AvgIpc) is 3.03. The molecule has 1 saturated carbocycles. The highest BCUT2D eigenvalue weighted by atomic mass is 32.2. The highest BCUT2D eigenvalue weighted by Gasteiger charge is 2.55. The number of carbonyl (C=O) groups excluding carboxylic acids is 1. The quantitative estimate of drug-likeness (QED) is 0.831. The number of amides is 1. The van der Waals surface area contributed by atoms with Crippen LogP contribution in [0, 0.1) is 11.3 Å². The van der Waals surface area contributed by atoms with Crippen LogP contribution in [0.1, 0.15) is 35.2 Å². The van der Waals surface area contributed by atoms with Gasteiger partial charge in [-0.25, -0.2) is 13.6 Å². The summed E-state index contributed by atoms with van der Waals surface area (Å²) in [7, 11) is -3.61. The summed E-state index contributed by atoms with van der Waals surface area (Å²) < 4.78 is 22.2. The average molecular weight is 352 g/mol. The van der Waals surface area contributed by atoms with E-state index in [1.807, 2.05) is 0 Å². The van der Waals surface area contributed by atoms with Crippen molar-refractivity contribution >= 4 is 21.9 Å². The number of hydrogen-bond acceptors (Lipinski definition) is 4. The van der Waals surface area contributed by atoms with Gasteiger partial charge in [0.15, 0.2) is 0 Å². The van der Waals surface area contributed by atoms with Gasteiger partial charge >= 0.3 is 5.97 Å². The molecule has 3 rings (SSSR count). The minimum Gasteiger partial charge on any atom is -0.481 e. The maximum absolute atomic E-state index is 12.6. The Balaban J connectivity index is 1.75. The van der Waals surface area contributed by atoms with Crippen LogP contribution < -0.4 is 5.14 Å². The zero-order chi connectivity index (χ0) is 17.5. The number of rotatable bonds is 4. The number of carbonyl (C=O) groups is 2. The zero-order valence-electron chi connectivity index (χ0n) is 13.1. The summed E-state index contributed by atoms with van der Waals surface area (Å²) in [6, 6.07) is 6.23. The van der Waals surface area contributed by atoms with Crippen molar-refractivity contribution in [2.45, 2.75) is 25.0 Å². The number of aliphatic carboxylic acids is 1. The Kier molecular flexibility index (Phi) is 4.13. The molecule has 1 aromatic carbocycles. The maximum atomic E-state index is 12.6.